The van der Waals surface area contributed by atoms with Crippen LogP contribution in [-0.4, -0.2) is 75.4 Å². The van der Waals surface area contributed by atoms with Gasteiger partial charge in [-0.05, 0) is 38.8 Å². The first-order chi connectivity index (χ1) is 17.5. The second-order valence-corrected chi connectivity index (χ2v) is 7.77. The van der Waals surface area contributed by atoms with Gasteiger partial charge < -0.3 is 30.3 Å². The number of terminal acetylenes is 1. The van der Waals surface area contributed by atoms with E-state index in [1.165, 1.54) is 6.19 Å². The van der Waals surface area contributed by atoms with Gasteiger partial charge in [-0.3, -0.25) is 9.59 Å². The van der Waals surface area contributed by atoms with Gasteiger partial charge >= 0.3 is 0 Å². The Hall–Kier alpha value is -3.76. The van der Waals surface area contributed by atoms with E-state index in [0.29, 0.717) is 13.0 Å². The lowest BCUT2D eigenvalue weighted by Crippen LogP contribution is -2.41. The summed E-state index contributed by atoms with van der Waals surface area (Å²) in [5.74, 6) is 1.87. The summed E-state index contributed by atoms with van der Waals surface area (Å²) in [7, 11) is 5.19. The van der Waals surface area contributed by atoms with Crippen molar-refractivity contribution in [1.82, 2.24) is 15.1 Å². The molecule has 0 bridgehead atoms. The van der Waals surface area contributed by atoms with Gasteiger partial charge in [0.25, 0.3) is 0 Å². The zero-order valence-electron chi connectivity index (χ0n) is 21.7. The summed E-state index contributed by atoms with van der Waals surface area (Å²) < 4.78 is 10.4. The first-order valence-electron chi connectivity index (χ1n) is 11.9. The minimum atomic E-state index is 0.132. The lowest BCUT2D eigenvalue weighted by molar-refractivity contribution is -0.139. The topological polar surface area (TPSA) is 133 Å². The molecule has 10 heteroatoms. The fraction of sp³-hybridized carbons (Fsp3) is 0.538. The summed E-state index contributed by atoms with van der Waals surface area (Å²) in [6.07, 6.45) is 16.4. The van der Waals surface area contributed by atoms with Crippen molar-refractivity contribution in [1.29, 1.82) is 5.26 Å². The molecule has 2 amide bonds. The molecule has 2 aliphatic rings. The van der Waals surface area contributed by atoms with Crippen LogP contribution in [0.1, 0.15) is 44.1 Å². The Balaban J connectivity index is 0.000000551. The Morgan fingerprint density at radius 1 is 1.17 bits per heavy atom. The molecular weight excluding hydrogens is 460 g/mol. The van der Waals surface area contributed by atoms with Gasteiger partial charge in [0.05, 0.1) is 27.1 Å². The van der Waals surface area contributed by atoms with Crippen molar-refractivity contribution < 1.29 is 19.1 Å². The molecule has 0 saturated carbocycles. The van der Waals surface area contributed by atoms with E-state index in [4.69, 9.17) is 14.7 Å². The highest BCUT2D eigenvalue weighted by Crippen LogP contribution is 2.30. The van der Waals surface area contributed by atoms with Crippen LogP contribution < -0.4 is 20.5 Å². The van der Waals surface area contributed by atoms with E-state index in [-0.39, 0.29) is 11.8 Å². The van der Waals surface area contributed by atoms with Gasteiger partial charge in [0.15, 0.2) is 11.5 Å². The monoisotopic (exact) mass is 500 g/mol. The number of aliphatic imine (C=N–C) groups is 1. The molecule has 0 spiro atoms. The third-order valence-corrected chi connectivity index (χ3v) is 5.44. The summed E-state index contributed by atoms with van der Waals surface area (Å²) in [4.78, 5) is 30.2. The lowest BCUT2D eigenvalue weighted by atomic mass is 10.2. The number of ether oxygens (including phenoxy) is 2. The number of para-hydroxylation sites is 1. The van der Waals surface area contributed by atoms with E-state index in [2.05, 4.69) is 28.9 Å². The fourth-order valence-corrected chi connectivity index (χ4v) is 3.75. The molecule has 0 aromatic heterocycles. The van der Waals surface area contributed by atoms with E-state index < -0.39 is 0 Å². The van der Waals surface area contributed by atoms with Crippen LogP contribution in [0.4, 0.5) is 0 Å². The maximum Gasteiger partial charge on any atom is 0.242 e. The van der Waals surface area contributed by atoms with Crippen LogP contribution in [0.2, 0.25) is 0 Å². The molecule has 0 radical (unpaired) electrons. The maximum absolute atomic E-state index is 11.9. The first-order valence-corrected chi connectivity index (χ1v) is 11.9. The second kappa shape index (κ2) is 20.6. The summed E-state index contributed by atoms with van der Waals surface area (Å²) in [6.45, 7) is 3.60. The predicted octanol–water partition coefficient (Wildman–Crippen LogP) is 2.14. The molecular formula is C26H40N6O4. The van der Waals surface area contributed by atoms with Crippen molar-refractivity contribution >= 4 is 18.2 Å². The third-order valence-electron chi connectivity index (χ3n) is 5.44. The number of nitrogens with zero attached hydrogens (tertiary/aromatic N) is 4. The van der Waals surface area contributed by atoms with Crippen molar-refractivity contribution in [3.63, 3.8) is 0 Å². The summed E-state index contributed by atoms with van der Waals surface area (Å²) >= 11 is 0. The molecule has 198 valence electrons. The number of nitrogens with one attached hydrogen (secondary N) is 1. The Morgan fingerprint density at radius 2 is 1.83 bits per heavy atom. The van der Waals surface area contributed by atoms with Crippen molar-refractivity contribution in [2.45, 2.75) is 45.1 Å². The van der Waals surface area contributed by atoms with Crippen LogP contribution in [0, 0.1) is 24.3 Å². The highest BCUT2D eigenvalue weighted by Gasteiger charge is 2.23. The van der Waals surface area contributed by atoms with Crippen LogP contribution in [-0.2, 0) is 16.1 Å². The number of carbonyl (C=O) groups is 2. The van der Waals surface area contributed by atoms with E-state index in [0.717, 1.165) is 81.7 Å². The van der Waals surface area contributed by atoms with Gasteiger partial charge in [0, 0.05) is 38.2 Å². The average molecular weight is 501 g/mol. The van der Waals surface area contributed by atoms with E-state index >= 15 is 0 Å². The molecule has 2 heterocycles. The predicted molar refractivity (Wildman–Crippen MR) is 141 cm³/mol. The average Bonchev–Trinajstić information content (AvgIpc) is 3.38. The number of methoxy groups -OCH3 is 2. The molecule has 2 saturated heterocycles. The smallest absolute Gasteiger partial charge is 0.242 e. The van der Waals surface area contributed by atoms with Crippen molar-refractivity contribution in [3.8, 4) is 30.5 Å². The quantitative estimate of drug-likeness (QED) is 0.265. The van der Waals surface area contributed by atoms with E-state index in [1.807, 2.05) is 30.1 Å². The van der Waals surface area contributed by atoms with Gasteiger partial charge in [0.1, 0.15) is 0 Å². The largest absolute Gasteiger partial charge is 0.493 e. The number of likely N-dealkylation sites (tertiary alicyclic amines) is 2. The van der Waals surface area contributed by atoms with Crippen LogP contribution >= 0.6 is 0 Å². The number of carbonyl (C=O) groups excluding carboxylic acids is 2. The number of amides is 2. The van der Waals surface area contributed by atoms with E-state index in [9.17, 15) is 9.59 Å². The summed E-state index contributed by atoms with van der Waals surface area (Å²) in [6, 6.07) is 5.85. The molecule has 0 atom stereocenters. The summed E-state index contributed by atoms with van der Waals surface area (Å²) in [5.41, 5.74) is 5.73. The Labute approximate surface area is 215 Å². The fourth-order valence-electron chi connectivity index (χ4n) is 3.75. The molecule has 3 N–H and O–H groups in total. The Bertz CT molecular complexity index is 860. The molecule has 2 fully saturated rings. The standard InChI is InChI=1S/C12H20N2O2.C10H15NO2.C2H3N3.C2H2/c15-11-6-2-1-3-9-14(11)10-12(16)13-7-4-5-8-13;1-11-7-8-5-4-6-9(12-2)10(8)13-3;3-1-5-2-4;1-2/h1-10H2;4-6,11H,7H2,1-3H3;1H,(H2,3,5);1-2H. The third kappa shape index (κ3) is 12.1. The Morgan fingerprint density at radius 3 is 2.36 bits per heavy atom. The molecule has 2 aliphatic heterocycles. The molecule has 0 unspecified atom stereocenters. The van der Waals surface area contributed by atoms with Gasteiger partial charge in [-0.2, -0.15) is 10.3 Å². The van der Waals surface area contributed by atoms with Crippen molar-refractivity contribution in [2.75, 3.05) is 47.4 Å². The lowest BCUT2D eigenvalue weighted by Gasteiger charge is -2.23. The normalized spacial score (nSPS) is 14.6. The molecule has 1 aromatic rings. The summed E-state index contributed by atoms with van der Waals surface area (Å²) in [5, 5.41) is 10.6. The second-order valence-electron chi connectivity index (χ2n) is 7.77. The highest BCUT2D eigenvalue weighted by molar-refractivity contribution is 5.85. The minimum Gasteiger partial charge on any atom is -0.493 e. The van der Waals surface area contributed by atoms with Crippen molar-refractivity contribution in [3.05, 3.63) is 23.8 Å². The number of benzene rings is 1. The van der Waals surface area contributed by atoms with Gasteiger partial charge in [-0.25, -0.2) is 0 Å². The van der Waals surface area contributed by atoms with Gasteiger partial charge in [-0.1, -0.05) is 18.6 Å². The van der Waals surface area contributed by atoms with Gasteiger partial charge in [-0.15, -0.1) is 12.8 Å². The zero-order valence-corrected chi connectivity index (χ0v) is 21.7. The number of hydrogen-bond acceptors (Lipinski definition) is 7. The van der Waals surface area contributed by atoms with E-state index in [1.54, 1.807) is 19.1 Å². The first kappa shape index (κ1) is 32.2. The number of rotatable bonds is 6. The number of nitriles is 1. The van der Waals surface area contributed by atoms with Gasteiger partial charge in [0.2, 0.25) is 18.0 Å². The van der Waals surface area contributed by atoms with Crippen molar-refractivity contribution in [2.24, 2.45) is 10.7 Å². The number of nitrogens with two attached hydrogens (primary N) is 1. The molecule has 0 aliphatic carbocycles. The molecule has 1 aromatic carbocycles. The molecule has 36 heavy (non-hydrogen) atoms. The number of hydrogen-bond donors (Lipinski definition) is 2. The van der Waals surface area contributed by atoms with Crippen LogP contribution in [0.25, 0.3) is 0 Å². The highest BCUT2D eigenvalue weighted by atomic mass is 16.5. The maximum atomic E-state index is 11.9. The zero-order chi connectivity index (χ0) is 27.2. The van der Waals surface area contributed by atoms with Crippen LogP contribution in [0.15, 0.2) is 23.2 Å². The Kier molecular flexibility index (Phi) is 18.4. The molecule has 3 rings (SSSR count). The SMILES string of the molecule is C#C.CNCc1cccc(OC)c1OC.N#CN=CN.O=C(CN1CCCCCC1=O)N1CCCC1. The van der Waals surface area contributed by atoms with Crippen LogP contribution in [0.5, 0.6) is 11.5 Å². The minimum absolute atomic E-state index is 0.132. The van der Waals surface area contributed by atoms with Crippen LogP contribution in [0.3, 0.4) is 0 Å². The molecule has 10 nitrogen and oxygen atoms in total.